The summed E-state index contributed by atoms with van der Waals surface area (Å²) in [4.78, 5) is 10.6. The standard InChI is InChI=1S/C23H24F3N3O4S/c1-14-21(15-5-4-6-18(11-15)34(32,33)28(2)3)19-12-16(22(25)26)7-8-20(19)29(14)13-17(24)9-10-27-23(30)31/h4-9,11-12,22,27H,10,13H2,1-3H3,(H,30,31). The first kappa shape index (κ1) is 25.3. The average molecular weight is 496 g/mol. The van der Waals surface area contributed by atoms with Gasteiger partial charge < -0.3 is 15.0 Å². The first-order valence-corrected chi connectivity index (χ1v) is 11.6. The number of benzene rings is 2. The number of carboxylic acid groups (broad SMARTS) is 1. The summed E-state index contributed by atoms with van der Waals surface area (Å²) in [5.41, 5.74) is 1.78. The summed E-state index contributed by atoms with van der Waals surface area (Å²) in [6.07, 6.45) is -2.93. The molecule has 0 unspecified atom stereocenters. The van der Waals surface area contributed by atoms with Gasteiger partial charge >= 0.3 is 6.09 Å². The zero-order valence-corrected chi connectivity index (χ0v) is 19.5. The Kier molecular flexibility index (Phi) is 7.37. The van der Waals surface area contributed by atoms with Crippen molar-refractivity contribution in [3.05, 3.63) is 65.6 Å². The highest BCUT2D eigenvalue weighted by atomic mass is 32.2. The maximum atomic E-state index is 14.6. The molecule has 7 nitrogen and oxygen atoms in total. The van der Waals surface area contributed by atoms with E-state index in [2.05, 4.69) is 0 Å². The van der Waals surface area contributed by atoms with Crippen molar-refractivity contribution in [1.82, 2.24) is 14.2 Å². The molecule has 34 heavy (non-hydrogen) atoms. The van der Waals surface area contributed by atoms with Crippen LogP contribution in [0.1, 0.15) is 17.7 Å². The molecule has 0 bridgehead atoms. The minimum atomic E-state index is -3.74. The minimum Gasteiger partial charge on any atom is -0.465 e. The van der Waals surface area contributed by atoms with Crippen molar-refractivity contribution in [2.24, 2.45) is 0 Å². The molecule has 2 N–H and O–H groups in total. The number of aromatic nitrogens is 1. The van der Waals surface area contributed by atoms with E-state index >= 15 is 0 Å². The largest absolute Gasteiger partial charge is 0.465 e. The number of alkyl halides is 2. The number of carbonyl (C=O) groups is 1. The SMILES string of the molecule is Cc1c(-c2cccc(S(=O)(=O)N(C)C)c2)c2cc(C(F)F)ccc2n1CC(F)=CCNC(=O)O. The normalized spacial score (nSPS) is 12.6. The molecule has 182 valence electrons. The average Bonchev–Trinajstić information content (AvgIpc) is 3.04. The van der Waals surface area contributed by atoms with Gasteiger partial charge in [0.25, 0.3) is 6.43 Å². The van der Waals surface area contributed by atoms with Gasteiger partial charge in [0.05, 0.1) is 11.4 Å². The second kappa shape index (κ2) is 9.90. The van der Waals surface area contributed by atoms with Crippen molar-refractivity contribution in [2.75, 3.05) is 20.6 Å². The zero-order chi connectivity index (χ0) is 25.2. The van der Waals surface area contributed by atoms with Crippen LogP contribution in [0.3, 0.4) is 0 Å². The third-order valence-corrected chi connectivity index (χ3v) is 7.20. The van der Waals surface area contributed by atoms with Crippen molar-refractivity contribution in [3.63, 3.8) is 0 Å². The van der Waals surface area contributed by atoms with Gasteiger partial charge in [-0.15, -0.1) is 0 Å². The fourth-order valence-electron chi connectivity index (χ4n) is 3.69. The second-order valence-corrected chi connectivity index (χ2v) is 9.93. The van der Waals surface area contributed by atoms with Gasteiger partial charge in [-0.05, 0) is 42.8 Å². The lowest BCUT2D eigenvalue weighted by atomic mass is 10.0. The van der Waals surface area contributed by atoms with Crippen molar-refractivity contribution in [3.8, 4) is 11.1 Å². The van der Waals surface area contributed by atoms with E-state index in [-0.39, 0.29) is 23.5 Å². The Hall–Kier alpha value is -3.31. The van der Waals surface area contributed by atoms with E-state index in [4.69, 9.17) is 5.11 Å². The van der Waals surface area contributed by atoms with Crippen LogP contribution < -0.4 is 5.32 Å². The van der Waals surface area contributed by atoms with Gasteiger partial charge in [0.2, 0.25) is 10.0 Å². The van der Waals surface area contributed by atoms with E-state index in [0.717, 1.165) is 10.4 Å². The molecule has 11 heteroatoms. The predicted octanol–water partition coefficient (Wildman–Crippen LogP) is 4.93. The first-order chi connectivity index (χ1) is 15.9. The number of halogens is 3. The second-order valence-electron chi connectivity index (χ2n) is 7.78. The van der Waals surface area contributed by atoms with Crippen LogP contribution in [-0.4, -0.2) is 49.1 Å². The molecule has 1 heterocycles. The van der Waals surface area contributed by atoms with Crippen LogP contribution in [-0.2, 0) is 16.6 Å². The molecule has 1 amide bonds. The minimum absolute atomic E-state index is 0.0335. The van der Waals surface area contributed by atoms with Crippen LogP contribution in [0, 0.1) is 6.92 Å². The number of allylic oxidation sites excluding steroid dienone is 1. The molecule has 0 radical (unpaired) electrons. The topological polar surface area (TPSA) is 91.6 Å². The monoisotopic (exact) mass is 495 g/mol. The van der Waals surface area contributed by atoms with E-state index in [1.54, 1.807) is 23.6 Å². The Morgan fingerprint density at radius 1 is 1.21 bits per heavy atom. The first-order valence-electron chi connectivity index (χ1n) is 10.2. The maximum absolute atomic E-state index is 14.6. The quantitative estimate of drug-likeness (QED) is 0.464. The van der Waals surface area contributed by atoms with Crippen LogP contribution in [0.15, 0.2) is 59.3 Å². The lowest BCUT2D eigenvalue weighted by molar-refractivity contribution is 0.151. The van der Waals surface area contributed by atoms with Gasteiger partial charge in [0.1, 0.15) is 5.83 Å². The molecule has 0 aliphatic heterocycles. The predicted molar refractivity (Wildman–Crippen MR) is 123 cm³/mol. The molecule has 3 aromatic rings. The summed E-state index contributed by atoms with van der Waals surface area (Å²) >= 11 is 0. The lowest BCUT2D eigenvalue weighted by Crippen LogP contribution is -2.22. The molecule has 0 aliphatic rings. The molecule has 3 rings (SSSR count). The summed E-state index contributed by atoms with van der Waals surface area (Å²) in [5.74, 6) is -0.623. The van der Waals surface area contributed by atoms with E-state index in [1.807, 2.05) is 5.32 Å². The summed E-state index contributed by atoms with van der Waals surface area (Å²) < 4.78 is 69.4. The number of rotatable bonds is 8. The van der Waals surface area contributed by atoms with E-state index in [0.29, 0.717) is 27.7 Å². The Balaban J connectivity index is 2.20. The van der Waals surface area contributed by atoms with Gasteiger partial charge in [-0.25, -0.2) is 30.7 Å². The number of hydrogen-bond donors (Lipinski definition) is 2. The Labute approximate surface area is 195 Å². The molecular formula is C23H24F3N3O4S. The fourth-order valence-corrected chi connectivity index (χ4v) is 4.64. The number of hydrogen-bond acceptors (Lipinski definition) is 3. The van der Waals surface area contributed by atoms with Crippen LogP contribution in [0.2, 0.25) is 0 Å². The van der Waals surface area contributed by atoms with Gasteiger partial charge in [0, 0.05) is 48.4 Å². The third kappa shape index (κ3) is 5.10. The van der Waals surface area contributed by atoms with Crippen molar-refractivity contribution in [2.45, 2.75) is 24.8 Å². The van der Waals surface area contributed by atoms with Crippen LogP contribution in [0.4, 0.5) is 18.0 Å². The molecule has 0 saturated heterocycles. The Morgan fingerprint density at radius 2 is 1.91 bits per heavy atom. The summed E-state index contributed by atoms with van der Waals surface area (Å²) in [6.45, 7) is 1.20. The summed E-state index contributed by atoms with van der Waals surface area (Å²) in [5, 5.41) is 11.1. The highest BCUT2D eigenvalue weighted by molar-refractivity contribution is 7.89. The maximum Gasteiger partial charge on any atom is 0.404 e. The Morgan fingerprint density at radius 3 is 2.53 bits per heavy atom. The Bertz CT molecular complexity index is 1370. The van der Waals surface area contributed by atoms with Crippen LogP contribution >= 0.6 is 0 Å². The van der Waals surface area contributed by atoms with E-state index in [9.17, 15) is 26.4 Å². The number of fused-ring (bicyclic) bond motifs is 1. The summed E-state index contributed by atoms with van der Waals surface area (Å²) in [7, 11) is -0.932. The molecular weight excluding hydrogens is 471 g/mol. The highest BCUT2D eigenvalue weighted by Crippen LogP contribution is 2.38. The third-order valence-electron chi connectivity index (χ3n) is 5.39. The van der Waals surface area contributed by atoms with Gasteiger partial charge in [-0.3, -0.25) is 0 Å². The molecule has 0 spiro atoms. The number of amides is 1. The van der Waals surface area contributed by atoms with E-state index < -0.39 is 28.4 Å². The number of nitrogens with one attached hydrogen (secondary N) is 1. The van der Waals surface area contributed by atoms with Crippen molar-refractivity contribution < 1.29 is 31.5 Å². The number of nitrogens with zero attached hydrogens (tertiary/aromatic N) is 2. The molecule has 0 atom stereocenters. The molecule has 1 aromatic heterocycles. The lowest BCUT2D eigenvalue weighted by Gasteiger charge is -2.13. The molecule has 0 fully saturated rings. The molecule has 0 saturated carbocycles. The van der Waals surface area contributed by atoms with E-state index in [1.165, 1.54) is 44.4 Å². The number of sulfonamides is 1. The van der Waals surface area contributed by atoms with Gasteiger partial charge in [0.15, 0.2) is 0 Å². The van der Waals surface area contributed by atoms with Crippen molar-refractivity contribution in [1.29, 1.82) is 0 Å². The van der Waals surface area contributed by atoms with Gasteiger partial charge in [-0.2, -0.15) is 0 Å². The smallest absolute Gasteiger partial charge is 0.404 e. The highest BCUT2D eigenvalue weighted by Gasteiger charge is 2.22. The fraction of sp³-hybridized carbons (Fsp3) is 0.261. The van der Waals surface area contributed by atoms with Crippen molar-refractivity contribution >= 4 is 27.0 Å². The molecule has 0 aliphatic carbocycles. The summed E-state index contributed by atoms with van der Waals surface area (Å²) in [6, 6.07) is 10.2. The molecule has 2 aromatic carbocycles. The van der Waals surface area contributed by atoms with Gasteiger partial charge in [-0.1, -0.05) is 18.2 Å². The van der Waals surface area contributed by atoms with Crippen LogP contribution in [0.5, 0.6) is 0 Å². The van der Waals surface area contributed by atoms with Crippen LogP contribution in [0.25, 0.3) is 22.0 Å². The zero-order valence-electron chi connectivity index (χ0n) is 18.7.